The van der Waals surface area contributed by atoms with Crippen molar-refractivity contribution in [2.45, 2.75) is 47.0 Å². The first-order valence-corrected chi connectivity index (χ1v) is 7.63. The molecule has 0 saturated heterocycles. The quantitative estimate of drug-likeness (QED) is 0.634. The van der Waals surface area contributed by atoms with Crippen LogP contribution in [0.4, 0.5) is 0 Å². The monoisotopic (exact) mass is 302 g/mol. The van der Waals surface area contributed by atoms with Crippen LogP contribution in [0.15, 0.2) is 12.1 Å². The molecule has 0 bridgehead atoms. The second-order valence-electron chi connectivity index (χ2n) is 6.12. The van der Waals surface area contributed by atoms with Crippen LogP contribution in [0.2, 0.25) is 0 Å². The maximum Gasteiger partial charge on any atom is 0.320 e. The maximum atomic E-state index is 13.0. The average molecular weight is 302 g/mol. The van der Waals surface area contributed by atoms with Gasteiger partial charge in [-0.15, -0.1) is 0 Å². The van der Waals surface area contributed by atoms with Gasteiger partial charge < -0.3 is 4.74 Å². The first kappa shape index (κ1) is 16.4. The van der Waals surface area contributed by atoms with Crippen LogP contribution in [0.25, 0.3) is 0 Å². The molecule has 22 heavy (non-hydrogen) atoms. The molecule has 0 aliphatic heterocycles. The van der Waals surface area contributed by atoms with E-state index in [1.54, 1.807) is 6.92 Å². The molecule has 0 heterocycles. The number of ether oxygens (including phenoxy) is 1. The standard InChI is InChI=1S/C18H22O4/c1-5-22-17(21)18(10-13(4)19)7-6-14-12(3)8-11(2)9-15(14)16(18)20/h8-9H,5-7,10H2,1-4H3/t18-/m1/s1. The van der Waals surface area contributed by atoms with Gasteiger partial charge in [0.15, 0.2) is 5.78 Å². The summed E-state index contributed by atoms with van der Waals surface area (Å²) in [6.07, 6.45) is 0.859. The van der Waals surface area contributed by atoms with E-state index in [0.29, 0.717) is 18.4 Å². The van der Waals surface area contributed by atoms with Crippen molar-refractivity contribution in [3.63, 3.8) is 0 Å². The Morgan fingerprint density at radius 3 is 2.55 bits per heavy atom. The van der Waals surface area contributed by atoms with Gasteiger partial charge in [0.25, 0.3) is 0 Å². The zero-order chi connectivity index (χ0) is 16.5. The van der Waals surface area contributed by atoms with E-state index in [-0.39, 0.29) is 24.6 Å². The second kappa shape index (κ2) is 6.03. The summed E-state index contributed by atoms with van der Waals surface area (Å²) in [6, 6.07) is 3.85. The summed E-state index contributed by atoms with van der Waals surface area (Å²) in [5, 5.41) is 0. The molecule has 1 aromatic rings. The van der Waals surface area contributed by atoms with E-state index in [9.17, 15) is 14.4 Å². The zero-order valence-corrected chi connectivity index (χ0v) is 13.6. The van der Waals surface area contributed by atoms with Gasteiger partial charge in [0.2, 0.25) is 0 Å². The number of carbonyl (C=O) groups excluding carboxylic acids is 3. The third-order valence-corrected chi connectivity index (χ3v) is 4.32. The molecule has 1 aliphatic rings. The molecular formula is C18H22O4. The molecule has 2 rings (SSSR count). The third kappa shape index (κ3) is 2.70. The van der Waals surface area contributed by atoms with E-state index in [0.717, 1.165) is 16.7 Å². The van der Waals surface area contributed by atoms with E-state index >= 15 is 0 Å². The summed E-state index contributed by atoms with van der Waals surface area (Å²) in [7, 11) is 0. The highest BCUT2D eigenvalue weighted by molar-refractivity contribution is 6.16. The summed E-state index contributed by atoms with van der Waals surface area (Å²) in [4.78, 5) is 37.1. The van der Waals surface area contributed by atoms with Crippen molar-refractivity contribution in [3.8, 4) is 0 Å². The van der Waals surface area contributed by atoms with Gasteiger partial charge in [-0.1, -0.05) is 11.6 Å². The van der Waals surface area contributed by atoms with Gasteiger partial charge in [-0.2, -0.15) is 0 Å². The number of aryl methyl sites for hydroxylation is 2. The van der Waals surface area contributed by atoms with Crippen molar-refractivity contribution < 1.29 is 19.1 Å². The van der Waals surface area contributed by atoms with E-state index < -0.39 is 11.4 Å². The molecule has 0 aromatic heterocycles. The largest absolute Gasteiger partial charge is 0.465 e. The lowest BCUT2D eigenvalue weighted by Crippen LogP contribution is -2.45. The lowest BCUT2D eigenvalue weighted by atomic mass is 9.67. The fourth-order valence-electron chi connectivity index (χ4n) is 3.37. The predicted molar refractivity (Wildman–Crippen MR) is 82.9 cm³/mol. The van der Waals surface area contributed by atoms with Crippen LogP contribution < -0.4 is 0 Å². The molecule has 0 unspecified atom stereocenters. The molecule has 1 atom stereocenters. The number of ketones is 2. The van der Waals surface area contributed by atoms with E-state index in [1.807, 2.05) is 26.0 Å². The Bertz CT molecular complexity index is 645. The minimum absolute atomic E-state index is 0.0862. The van der Waals surface area contributed by atoms with Gasteiger partial charge in [-0.05, 0) is 57.7 Å². The summed E-state index contributed by atoms with van der Waals surface area (Å²) >= 11 is 0. The SMILES string of the molecule is CCOC(=O)[C@@]1(CC(C)=O)CCc2c(C)cc(C)cc2C1=O. The lowest BCUT2D eigenvalue weighted by molar-refractivity contribution is -0.154. The van der Waals surface area contributed by atoms with E-state index in [1.165, 1.54) is 6.92 Å². The Labute approximate surface area is 130 Å². The van der Waals surface area contributed by atoms with Crippen LogP contribution in [-0.4, -0.2) is 24.1 Å². The van der Waals surface area contributed by atoms with Gasteiger partial charge >= 0.3 is 5.97 Å². The minimum atomic E-state index is -1.35. The van der Waals surface area contributed by atoms with Gasteiger partial charge in [-0.3, -0.25) is 14.4 Å². The predicted octanol–water partition coefficient (Wildman–Crippen LogP) is 2.96. The number of fused-ring (bicyclic) bond motifs is 1. The number of hydrogen-bond acceptors (Lipinski definition) is 4. The highest BCUT2D eigenvalue weighted by atomic mass is 16.5. The Morgan fingerprint density at radius 2 is 1.95 bits per heavy atom. The first-order chi connectivity index (χ1) is 10.3. The van der Waals surface area contributed by atoms with Crippen molar-refractivity contribution in [3.05, 3.63) is 34.4 Å². The number of esters is 1. The fourth-order valence-corrected chi connectivity index (χ4v) is 3.37. The first-order valence-electron chi connectivity index (χ1n) is 7.63. The summed E-state index contributed by atoms with van der Waals surface area (Å²) in [5.41, 5.74) is 2.24. The van der Waals surface area contributed by atoms with Crippen molar-refractivity contribution in [1.29, 1.82) is 0 Å². The van der Waals surface area contributed by atoms with Crippen LogP contribution in [0.1, 0.15) is 53.7 Å². The fraction of sp³-hybridized carbons (Fsp3) is 0.500. The molecule has 0 amide bonds. The van der Waals surface area contributed by atoms with Crippen molar-refractivity contribution in [2.75, 3.05) is 6.61 Å². The molecule has 1 aliphatic carbocycles. The Morgan fingerprint density at radius 1 is 1.27 bits per heavy atom. The molecule has 0 N–H and O–H groups in total. The van der Waals surface area contributed by atoms with Crippen molar-refractivity contribution >= 4 is 17.5 Å². The van der Waals surface area contributed by atoms with Gasteiger partial charge in [-0.25, -0.2) is 0 Å². The summed E-state index contributed by atoms with van der Waals surface area (Å²) in [6.45, 7) is 7.21. The molecule has 4 nitrogen and oxygen atoms in total. The van der Waals surface area contributed by atoms with Crippen LogP contribution in [-0.2, 0) is 20.7 Å². The Kier molecular flexibility index (Phi) is 4.50. The third-order valence-electron chi connectivity index (χ3n) is 4.32. The average Bonchev–Trinajstić information content (AvgIpc) is 2.42. The van der Waals surface area contributed by atoms with E-state index in [2.05, 4.69) is 0 Å². The topological polar surface area (TPSA) is 60.4 Å². The molecule has 0 saturated carbocycles. The van der Waals surface area contributed by atoms with Crippen LogP contribution >= 0.6 is 0 Å². The van der Waals surface area contributed by atoms with Crippen molar-refractivity contribution in [1.82, 2.24) is 0 Å². The molecule has 118 valence electrons. The van der Waals surface area contributed by atoms with Crippen LogP contribution in [0, 0.1) is 19.3 Å². The molecule has 4 heteroatoms. The maximum absolute atomic E-state index is 13.0. The smallest absolute Gasteiger partial charge is 0.320 e. The number of Topliss-reactive ketones (excluding diaryl/α,β-unsaturated/α-hetero) is 2. The van der Waals surface area contributed by atoms with Crippen LogP contribution in [0.3, 0.4) is 0 Å². The van der Waals surface area contributed by atoms with Gasteiger partial charge in [0.05, 0.1) is 6.61 Å². The number of benzene rings is 1. The number of rotatable bonds is 4. The molecule has 0 spiro atoms. The number of hydrogen-bond donors (Lipinski definition) is 0. The summed E-state index contributed by atoms with van der Waals surface area (Å²) < 4.78 is 5.12. The molecular weight excluding hydrogens is 280 g/mol. The van der Waals surface area contributed by atoms with E-state index in [4.69, 9.17) is 4.74 Å². The van der Waals surface area contributed by atoms with Crippen molar-refractivity contribution in [2.24, 2.45) is 5.41 Å². The normalized spacial score (nSPS) is 20.5. The number of carbonyl (C=O) groups is 3. The molecule has 1 aromatic carbocycles. The highest BCUT2D eigenvalue weighted by Crippen LogP contribution is 2.41. The lowest BCUT2D eigenvalue weighted by Gasteiger charge is -2.34. The minimum Gasteiger partial charge on any atom is -0.465 e. The van der Waals surface area contributed by atoms with Gasteiger partial charge in [0, 0.05) is 12.0 Å². The summed E-state index contributed by atoms with van der Waals surface area (Å²) in [5.74, 6) is -1.01. The zero-order valence-electron chi connectivity index (χ0n) is 13.6. The Balaban J connectivity index is 2.55. The second-order valence-corrected chi connectivity index (χ2v) is 6.12. The Hall–Kier alpha value is -1.97. The van der Waals surface area contributed by atoms with Crippen LogP contribution in [0.5, 0.6) is 0 Å². The van der Waals surface area contributed by atoms with Gasteiger partial charge in [0.1, 0.15) is 11.2 Å². The highest BCUT2D eigenvalue weighted by Gasteiger charge is 2.50. The molecule has 0 radical (unpaired) electrons. The molecule has 0 fully saturated rings.